The van der Waals surface area contributed by atoms with Gasteiger partial charge in [-0.15, -0.1) is 0 Å². The molecule has 0 saturated heterocycles. The van der Waals surface area contributed by atoms with Crippen molar-refractivity contribution in [1.82, 2.24) is 0 Å². The normalized spacial score (nSPS) is 22.4. The summed E-state index contributed by atoms with van der Waals surface area (Å²) in [7, 11) is 0. The molecule has 1 aromatic carbocycles. The molecule has 0 spiro atoms. The number of nitriles is 1. The highest BCUT2D eigenvalue weighted by Gasteiger charge is 2.37. The zero-order valence-corrected chi connectivity index (χ0v) is 9.97. The number of anilines is 1. The quantitative estimate of drug-likeness (QED) is 0.755. The Balaban J connectivity index is 1.95. The first-order valence-electron chi connectivity index (χ1n) is 6.21. The van der Waals surface area contributed by atoms with Gasteiger partial charge in [0.1, 0.15) is 0 Å². The number of rotatable bonds is 1. The van der Waals surface area contributed by atoms with E-state index in [1.54, 1.807) is 18.2 Å². The average molecular weight is 239 g/mol. The molecule has 0 radical (unpaired) electrons. The van der Waals surface area contributed by atoms with E-state index in [1.807, 2.05) is 6.07 Å². The molecule has 0 aromatic heterocycles. The molecule has 18 heavy (non-hydrogen) atoms. The minimum atomic E-state index is -0.0236. The second-order valence-corrected chi connectivity index (χ2v) is 4.70. The van der Waals surface area contributed by atoms with Crippen LogP contribution in [0.2, 0.25) is 0 Å². The van der Waals surface area contributed by atoms with Gasteiger partial charge in [-0.25, -0.2) is 5.01 Å². The Morgan fingerprint density at radius 2 is 2.28 bits per heavy atom. The van der Waals surface area contributed by atoms with E-state index in [0.717, 1.165) is 31.4 Å². The fraction of sp³-hybridized carbons (Fsp3) is 0.357. The smallest absolute Gasteiger partial charge is 0.256 e. The lowest BCUT2D eigenvalue weighted by Gasteiger charge is -2.16. The molecule has 0 N–H and O–H groups in total. The maximum absolute atomic E-state index is 12.3. The molecule has 1 atom stereocenters. The number of benzene rings is 1. The van der Waals surface area contributed by atoms with Crippen molar-refractivity contribution in [3.63, 3.8) is 0 Å². The fourth-order valence-corrected chi connectivity index (χ4v) is 2.60. The first-order valence-corrected chi connectivity index (χ1v) is 6.21. The first kappa shape index (κ1) is 11.0. The van der Waals surface area contributed by atoms with Gasteiger partial charge in [0, 0.05) is 0 Å². The number of hydrazone groups is 1. The highest BCUT2D eigenvalue weighted by Crippen LogP contribution is 2.32. The van der Waals surface area contributed by atoms with Gasteiger partial charge in [-0.1, -0.05) is 12.5 Å². The van der Waals surface area contributed by atoms with Crippen molar-refractivity contribution in [2.24, 2.45) is 11.0 Å². The minimum Gasteiger partial charge on any atom is -0.272 e. The molecule has 1 fully saturated rings. The number of hydrogen-bond donors (Lipinski definition) is 0. The lowest BCUT2D eigenvalue weighted by atomic mass is 9.87. The van der Waals surface area contributed by atoms with Gasteiger partial charge in [0.15, 0.2) is 0 Å². The molecule has 4 heteroatoms. The van der Waals surface area contributed by atoms with Gasteiger partial charge in [0.25, 0.3) is 5.91 Å². The Labute approximate surface area is 106 Å². The first-order chi connectivity index (χ1) is 8.79. The largest absolute Gasteiger partial charge is 0.272 e. The zero-order chi connectivity index (χ0) is 12.5. The standard InChI is InChI=1S/C14H13N3O/c15-9-10-4-3-5-11(8-10)17-14(18)12-6-1-2-7-13(12)16-17/h3-5,8,12H,1-2,6-7H2. The molecule has 3 rings (SSSR count). The molecule has 1 saturated carbocycles. The molecule has 1 aliphatic heterocycles. The molecular formula is C14H13N3O. The summed E-state index contributed by atoms with van der Waals surface area (Å²) in [5.41, 5.74) is 2.25. The lowest BCUT2D eigenvalue weighted by molar-refractivity contribution is -0.120. The average Bonchev–Trinajstić information content (AvgIpc) is 2.77. The molecule has 2 aliphatic rings. The Bertz CT molecular complexity index is 571. The van der Waals surface area contributed by atoms with Crippen molar-refractivity contribution in [3.05, 3.63) is 29.8 Å². The van der Waals surface area contributed by atoms with E-state index in [9.17, 15) is 4.79 Å². The summed E-state index contributed by atoms with van der Waals surface area (Å²) >= 11 is 0. The second-order valence-electron chi connectivity index (χ2n) is 4.70. The Hall–Kier alpha value is -2.15. The van der Waals surface area contributed by atoms with Gasteiger partial charge >= 0.3 is 0 Å². The maximum Gasteiger partial charge on any atom is 0.256 e. The van der Waals surface area contributed by atoms with E-state index < -0.39 is 0 Å². The summed E-state index contributed by atoms with van der Waals surface area (Å²) in [6.07, 6.45) is 4.05. The molecule has 1 unspecified atom stereocenters. The van der Waals surface area contributed by atoms with Gasteiger partial charge in [0.05, 0.1) is 28.9 Å². The number of carbonyl (C=O) groups excluding carboxylic acids is 1. The van der Waals surface area contributed by atoms with Crippen molar-refractivity contribution in [2.45, 2.75) is 25.7 Å². The van der Waals surface area contributed by atoms with E-state index in [1.165, 1.54) is 5.01 Å². The van der Waals surface area contributed by atoms with Crippen LogP contribution in [0.25, 0.3) is 0 Å². The molecule has 90 valence electrons. The fourth-order valence-electron chi connectivity index (χ4n) is 2.60. The SMILES string of the molecule is N#Cc1cccc(N2N=C3CCCCC3C2=O)c1. The molecule has 1 heterocycles. The maximum atomic E-state index is 12.3. The van der Waals surface area contributed by atoms with E-state index >= 15 is 0 Å². The van der Waals surface area contributed by atoms with Gasteiger partial charge in [0.2, 0.25) is 0 Å². The van der Waals surface area contributed by atoms with Gasteiger partial charge < -0.3 is 0 Å². The molecule has 1 aliphatic carbocycles. The van der Waals surface area contributed by atoms with E-state index in [0.29, 0.717) is 11.3 Å². The zero-order valence-electron chi connectivity index (χ0n) is 9.97. The molecule has 4 nitrogen and oxygen atoms in total. The van der Waals surface area contributed by atoms with Crippen molar-refractivity contribution in [3.8, 4) is 6.07 Å². The predicted octanol–water partition coefficient (Wildman–Crippen LogP) is 2.45. The second kappa shape index (κ2) is 4.26. The van der Waals surface area contributed by atoms with Gasteiger partial charge in [-0.05, 0) is 37.5 Å². The van der Waals surface area contributed by atoms with Crippen molar-refractivity contribution in [2.75, 3.05) is 5.01 Å². The number of amides is 1. The van der Waals surface area contributed by atoms with Crippen LogP contribution in [-0.4, -0.2) is 11.6 Å². The molecule has 0 bridgehead atoms. The Kier molecular flexibility index (Phi) is 2.60. The Morgan fingerprint density at radius 1 is 1.39 bits per heavy atom. The molecular weight excluding hydrogens is 226 g/mol. The summed E-state index contributed by atoms with van der Waals surface area (Å²) in [6, 6.07) is 9.12. The van der Waals surface area contributed by atoms with Crippen LogP contribution in [0, 0.1) is 17.2 Å². The van der Waals surface area contributed by atoms with Crippen LogP contribution < -0.4 is 5.01 Å². The van der Waals surface area contributed by atoms with Crippen molar-refractivity contribution < 1.29 is 4.79 Å². The predicted molar refractivity (Wildman–Crippen MR) is 68.0 cm³/mol. The number of fused-ring (bicyclic) bond motifs is 1. The van der Waals surface area contributed by atoms with Crippen LogP contribution >= 0.6 is 0 Å². The number of hydrogen-bond acceptors (Lipinski definition) is 3. The topological polar surface area (TPSA) is 56.5 Å². The van der Waals surface area contributed by atoms with Crippen LogP contribution in [-0.2, 0) is 4.79 Å². The number of nitrogens with zero attached hydrogens (tertiary/aromatic N) is 3. The van der Waals surface area contributed by atoms with Crippen LogP contribution in [0.15, 0.2) is 29.4 Å². The van der Waals surface area contributed by atoms with E-state index in [-0.39, 0.29) is 11.8 Å². The Morgan fingerprint density at radius 3 is 3.06 bits per heavy atom. The lowest BCUT2D eigenvalue weighted by Crippen LogP contribution is -2.28. The third-order valence-electron chi connectivity index (χ3n) is 3.53. The summed E-state index contributed by atoms with van der Waals surface area (Å²) < 4.78 is 0. The highest BCUT2D eigenvalue weighted by molar-refractivity contribution is 6.15. The van der Waals surface area contributed by atoms with Crippen molar-refractivity contribution >= 4 is 17.3 Å². The van der Waals surface area contributed by atoms with Crippen LogP contribution in [0.5, 0.6) is 0 Å². The monoisotopic (exact) mass is 239 g/mol. The minimum absolute atomic E-state index is 0.0236. The summed E-state index contributed by atoms with van der Waals surface area (Å²) in [5.74, 6) is 0.0317. The summed E-state index contributed by atoms with van der Waals surface area (Å²) in [4.78, 5) is 12.3. The van der Waals surface area contributed by atoms with Gasteiger partial charge in [-0.2, -0.15) is 10.4 Å². The van der Waals surface area contributed by atoms with Crippen LogP contribution in [0.1, 0.15) is 31.2 Å². The van der Waals surface area contributed by atoms with E-state index in [2.05, 4.69) is 11.2 Å². The highest BCUT2D eigenvalue weighted by atomic mass is 16.2. The number of carbonyl (C=O) groups is 1. The third-order valence-corrected chi connectivity index (χ3v) is 3.53. The van der Waals surface area contributed by atoms with Gasteiger partial charge in [-0.3, -0.25) is 4.79 Å². The molecule has 1 amide bonds. The summed E-state index contributed by atoms with van der Waals surface area (Å²) in [6.45, 7) is 0. The van der Waals surface area contributed by atoms with Crippen molar-refractivity contribution in [1.29, 1.82) is 5.26 Å². The molecule has 1 aromatic rings. The van der Waals surface area contributed by atoms with E-state index in [4.69, 9.17) is 5.26 Å². The summed E-state index contributed by atoms with van der Waals surface area (Å²) in [5, 5.41) is 14.8. The third kappa shape index (κ3) is 1.68. The van der Waals surface area contributed by atoms with Crippen LogP contribution in [0.3, 0.4) is 0 Å². The van der Waals surface area contributed by atoms with Crippen LogP contribution in [0.4, 0.5) is 5.69 Å².